The highest BCUT2D eigenvalue weighted by Gasteiger charge is 2.13. The first-order valence-corrected chi connectivity index (χ1v) is 8.33. The van der Waals surface area contributed by atoms with E-state index < -0.39 is 11.8 Å². The number of carbonyl (C=O) groups is 2. The topological polar surface area (TPSA) is 92.2 Å². The fraction of sp³-hybridized carbons (Fsp3) is 0.158. The van der Waals surface area contributed by atoms with Crippen LogP contribution in [0.2, 0.25) is 0 Å². The highest BCUT2D eigenvalue weighted by molar-refractivity contribution is 6.39. The Balaban J connectivity index is 1.52. The lowest BCUT2D eigenvalue weighted by molar-refractivity contribution is -0.136. The summed E-state index contributed by atoms with van der Waals surface area (Å²) in [6, 6.07) is 14.7. The van der Waals surface area contributed by atoms with Gasteiger partial charge < -0.3 is 15.5 Å². The average Bonchev–Trinajstić information content (AvgIpc) is 3.21. The summed E-state index contributed by atoms with van der Waals surface area (Å²) in [6.45, 7) is 0.283. The number of nitrogens with one attached hydrogen (secondary N) is 2. The van der Waals surface area contributed by atoms with Crippen molar-refractivity contribution in [3.05, 3.63) is 66.7 Å². The zero-order valence-electron chi connectivity index (χ0n) is 15.1. The molecule has 138 valence electrons. The number of rotatable bonds is 5. The minimum absolute atomic E-state index is 0.283. The van der Waals surface area contributed by atoms with Crippen LogP contribution in [0.25, 0.3) is 5.69 Å². The maximum atomic E-state index is 12.0. The van der Waals surface area contributed by atoms with Gasteiger partial charge in [-0.15, -0.1) is 0 Å². The van der Waals surface area contributed by atoms with Crippen LogP contribution in [0.3, 0.4) is 0 Å². The molecule has 2 aromatic carbocycles. The molecule has 0 saturated heterocycles. The maximum Gasteiger partial charge on any atom is 0.313 e. The van der Waals surface area contributed by atoms with Gasteiger partial charge in [0.05, 0.1) is 5.69 Å². The largest absolute Gasteiger partial charge is 0.378 e. The lowest BCUT2D eigenvalue weighted by Crippen LogP contribution is -2.34. The Morgan fingerprint density at radius 2 is 1.70 bits per heavy atom. The molecule has 0 aliphatic heterocycles. The van der Waals surface area contributed by atoms with Crippen LogP contribution >= 0.6 is 0 Å². The number of amides is 2. The zero-order valence-corrected chi connectivity index (χ0v) is 15.1. The van der Waals surface area contributed by atoms with E-state index in [1.165, 1.54) is 6.33 Å². The van der Waals surface area contributed by atoms with Crippen molar-refractivity contribution in [3.63, 3.8) is 0 Å². The summed E-state index contributed by atoms with van der Waals surface area (Å²) in [5.74, 6) is -1.40. The first kappa shape index (κ1) is 18.1. The van der Waals surface area contributed by atoms with Crippen molar-refractivity contribution in [2.24, 2.45) is 0 Å². The standard InChI is InChI=1S/C19H20N6O2/c1-24(2)16-7-3-14(4-8-16)11-21-18(26)19(27)23-15-5-9-17(10-6-15)25-13-20-12-22-25/h3-10,12-13H,11H2,1-2H3,(H,21,26)(H,23,27). The summed E-state index contributed by atoms with van der Waals surface area (Å²) in [5.41, 5.74) is 3.31. The monoisotopic (exact) mass is 364 g/mol. The van der Waals surface area contributed by atoms with Crippen LogP contribution in [0.1, 0.15) is 5.56 Å². The van der Waals surface area contributed by atoms with Gasteiger partial charge in [0.15, 0.2) is 0 Å². The van der Waals surface area contributed by atoms with Crippen molar-refractivity contribution in [3.8, 4) is 5.69 Å². The van der Waals surface area contributed by atoms with Crippen molar-refractivity contribution in [2.45, 2.75) is 6.54 Å². The summed E-state index contributed by atoms with van der Waals surface area (Å²) in [5, 5.41) is 9.21. The van der Waals surface area contributed by atoms with E-state index in [1.807, 2.05) is 43.3 Å². The number of aromatic nitrogens is 3. The molecular weight excluding hydrogens is 344 g/mol. The average molecular weight is 364 g/mol. The second kappa shape index (κ2) is 8.13. The van der Waals surface area contributed by atoms with Crippen molar-refractivity contribution in [1.29, 1.82) is 0 Å². The molecule has 0 radical (unpaired) electrons. The van der Waals surface area contributed by atoms with Gasteiger partial charge in [0, 0.05) is 32.0 Å². The van der Waals surface area contributed by atoms with Crippen molar-refractivity contribution < 1.29 is 9.59 Å². The van der Waals surface area contributed by atoms with Crippen LogP contribution < -0.4 is 15.5 Å². The molecule has 2 N–H and O–H groups in total. The van der Waals surface area contributed by atoms with Gasteiger partial charge in [-0.2, -0.15) is 5.10 Å². The number of carbonyl (C=O) groups excluding carboxylic acids is 2. The normalized spacial score (nSPS) is 10.3. The van der Waals surface area contributed by atoms with E-state index in [0.29, 0.717) is 5.69 Å². The van der Waals surface area contributed by atoms with Crippen molar-refractivity contribution in [2.75, 3.05) is 24.3 Å². The molecule has 27 heavy (non-hydrogen) atoms. The van der Waals surface area contributed by atoms with E-state index in [1.54, 1.807) is 35.3 Å². The minimum Gasteiger partial charge on any atom is -0.378 e. The van der Waals surface area contributed by atoms with E-state index in [9.17, 15) is 9.59 Å². The fourth-order valence-electron chi connectivity index (χ4n) is 2.40. The predicted octanol–water partition coefficient (Wildman–Crippen LogP) is 1.59. The van der Waals surface area contributed by atoms with Crippen LogP contribution in [0.15, 0.2) is 61.2 Å². The third-order valence-corrected chi connectivity index (χ3v) is 3.92. The van der Waals surface area contributed by atoms with E-state index >= 15 is 0 Å². The van der Waals surface area contributed by atoms with Crippen molar-refractivity contribution >= 4 is 23.2 Å². The van der Waals surface area contributed by atoms with Crippen LogP contribution in [-0.2, 0) is 16.1 Å². The first-order chi connectivity index (χ1) is 13.0. The Kier molecular flexibility index (Phi) is 5.46. The third kappa shape index (κ3) is 4.69. The number of hydrogen-bond acceptors (Lipinski definition) is 5. The number of benzene rings is 2. The highest BCUT2D eigenvalue weighted by Crippen LogP contribution is 2.13. The van der Waals surface area contributed by atoms with E-state index in [0.717, 1.165) is 16.9 Å². The summed E-state index contributed by atoms with van der Waals surface area (Å²) in [6.07, 6.45) is 3.01. The SMILES string of the molecule is CN(C)c1ccc(CNC(=O)C(=O)Nc2ccc(-n3cncn3)cc2)cc1. The Morgan fingerprint density at radius 1 is 1.00 bits per heavy atom. The summed E-state index contributed by atoms with van der Waals surface area (Å²) >= 11 is 0. The third-order valence-electron chi connectivity index (χ3n) is 3.92. The van der Waals surface area contributed by atoms with Crippen LogP contribution in [-0.4, -0.2) is 40.7 Å². The molecule has 0 atom stereocenters. The first-order valence-electron chi connectivity index (χ1n) is 8.33. The molecule has 1 aromatic heterocycles. The molecule has 8 heteroatoms. The van der Waals surface area contributed by atoms with Gasteiger partial charge in [0.1, 0.15) is 12.7 Å². The minimum atomic E-state index is -0.714. The summed E-state index contributed by atoms with van der Waals surface area (Å²) in [4.78, 5) is 29.9. The van der Waals surface area contributed by atoms with Gasteiger partial charge in [-0.25, -0.2) is 9.67 Å². The quantitative estimate of drug-likeness (QED) is 0.671. The second-order valence-electron chi connectivity index (χ2n) is 6.08. The van der Waals surface area contributed by atoms with Crippen molar-refractivity contribution in [1.82, 2.24) is 20.1 Å². The Labute approximate surface area is 156 Å². The lowest BCUT2D eigenvalue weighted by Gasteiger charge is -2.13. The summed E-state index contributed by atoms with van der Waals surface area (Å²) < 4.78 is 1.60. The van der Waals surface area contributed by atoms with Gasteiger partial charge in [-0.3, -0.25) is 9.59 Å². The molecule has 0 spiro atoms. The van der Waals surface area contributed by atoms with Crippen LogP contribution in [0.5, 0.6) is 0 Å². The molecule has 0 aliphatic rings. The van der Waals surface area contributed by atoms with E-state index in [4.69, 9.17) is 0 Å². The van der Waals surface area contributed by atoms with E-state index in [-0.39, 0.29) is 6.54 Å². The number of anilines is 2. The Hall–Kier alpha value is -3.68. The van der Waals surface area contributed by atoms with E-state index in [2.05, 4.69) is 20.7 Å². The summed E-state index contributed by atoms with van der Waals surface area (Å²) in [7, 11) is 3.92. The number of hydrogen-bond donors (Lipinski definition) is 2. The smallest absolute Gasteiger partial charge is 0.313 e. The molecule has 0 saturated carbocycles. The molecule has 8 nitrogen and oxygen atoms in total. The van der Waals surface area contributed by atoms with Gasteiger partial charge in [0.25, 0.3) is 0 Å². The van der Waals surface area contributed by atoms with Gasteiger partial charge in [-0.1, -0.05) is 12.1 Å². The molecule has 1 heterocycles. The molecular formula is C19H20N6O2. The molecule has 3 aromatic rings. The Bertz CT molecular complexity index is 902. The van der Waals surface area contributed by atoms with Gasteiger partial charge >= 0.3 is 11.8 Å². The zero-order chi connectivity index (χ0) is 19.2. The highest BCUT2D eigenvalue weighted by atomic mass is 16.2. The molecule has 0 aliphatic carbocycles. The fourth-order valence-corrected chi connectivity index (χ4v) is 2.40. The van der Waals surface area contributed by atoms with Gasteiger partial charge in [-0.05, 0) is 42.0 Å². The molecule has 3 rings (SSSR count). The molecule has 0 bridgehead atoms. The van der Waals surface area contributed by atoms with Gasteiger partial charge in [0.2, 0.25) is 0 Å². The maximum absolute atomic E-state index is 12.0. The number of nitrogens with zero attached hydrogens (tertiary/aromatic N) is 4. The molecule has 2 amide bonds. The molecule has 0 fully saturated rings. The lowest BCUT2D eigenvalue weighted by atomic mass is 10.2. The Morgan fingerprint density at radius 3 is 2.30 bits per heavy atom. The van der Waals surface area contributed by atoms with Crippen LogP contribution in [0.4, 0.5) is 11.4 Å². The molecule has 0 unspecified atom stereocenters. The second-order valence-corrected chi connectivity index (χ2v) is 6.08. The van der Waals surface area contributed by atoms with Crippen LogP contribution in [0, 0.1) is 0 Å². The predicted molar refractivity (Wildman–Crippen MR) is 103 cm³/mol.